The molecule has 0 aliphatic carbocycles. The van der Waals surface area contributed by atoms with Gasteiger partial charge in [0.05, 0.1) is 19.2 Å². The second-order valence-corrected chi connectivity index (χ2v) is 8.36. The maximum Gasteiger partial charge on any atom is 0.356 e. The predicted molar refractivity (Wildman–Crippen MR) is 104 cm³/mol. The average molecular weight is 420 g/mol. The third-order valence-corrected chi connectivity index (χ3v) is 6.31. The fraction of sp³-hybridized carbons (Fsp3) is 0.294. The van der Waals surface area contributed by atoms with Gasteiger partial charge in [0.1, 0.15) is 11.5 Å². The van der Waals surface area contributed by atoms with Crippen LogP contribution >= 0.6 is 30.8 Å². The molecule has 0 amide bonds. The maximum absolute atomic E-state index is 13.2. The van der Waals surface area contributed by atoms with E-state index in [4.69, 9.17) is 41.7 Å². The number of methoxy groups -OCH3 is 2. The van der Waals surface area contributed by atoms with Crippen molar-refractivity contribution >= 4 is 36.5 Å². The van der Waals surface area contributed by atoms with Gasteiger partial charge >= 0.3 is 7.60 Å². The summed E-state index contributed by atoms with van der Waals surface area (Å²) in [6, 6.07) is 10.2. The number of hydrogen-bond donors (Lipinski definition) is 1. The van der Waals surface area contributed by atoms with E-state index < -0.39 is 13.4 Å². The molecule has 0 radical (unpaired) electrons. The number of halogens is 2. The quantitative estimate of drug-likeness (QED) is 0.561. The normalized spacial score (nSPS) is 12.5. The molecule has 1 atom stereocenters. The molecule has 1 N–H and O–H groups in total. The molecule has 142 valence electrons. The van der Waals surface area contributed by atoms with Gasteiger partial charge in [0.15, 0.2) is 5.78 Å². The summed E-state index contributed by atoms with van der Waals surface area (Å²) < 4.78 is 34.1. The molecule has 0 fully saturated rings. The Hall–Kier alpha value is -1.43. The number of nitrogens with one attached hydrogen (secondary N) is 1. The van der Waals surface area contributed by atoms with Crippen molar-refractivity contribution < 1.29 is 23.1 Å². The first-order valence-corrected chi connectivity index (χ1v) is 9.90. The summed E-state index contributed by atoms with van der Waals surface area (Å²) in [6.07, 6.45) is 0. The maximum atomic E-state index is 13.2. The van der Waals surface area contributed by atoms with Gasteiger partial charge in [-0.25, -0.2) is 0 Å². The third-order valence-electron chi connectivity index (χ3n) is 3.75. The van der Waals surface area contributed by atoms with Crippen molar-refractivity contribution in [2.45, 2.75) is 5.78 Å². The van der Waals surface area contributed by atoms with Crippen LogP contribution in [-0.2, 0) is 13.6 Å². The number of hydrogen-bond acceptors (Lipinski definition) is 6. The Bertz CT molecular complexity index is 792. The lowest BCUT2D eigenvalue weighted by molar-refractivity contribution is 0.267. The Morgan fingerprint density at radius 3 is 2.08 bits per heavy atom. The topological polar surface area (TPSA) is 66.0 Å². The van der Waals surface area contributed by atoms with Crippen LogP contribution in [0.15, 0.2) is 36.4 Å². The van der Waals surface area contributed by atoms with Crippen molar-refractivity contribution in [2.24, 2.45) is 0 Å². The van der Waals surface area contributed by atoms with Gasteiger partial charge in [-0.2, -0.15) is 0 Å². The Morgan fingerprint density at radius 2 is 1.58 bits per heavy atom. The van der Waals surface area contributed by atoms with Crippen LogP contribution in [0.3, 0.4) is 0 Å². The van der Waals surface area contributed by atoms with E-state index in [-0.39, 0.29) is 5.02 Å². The molecule has 2 aromatic rings. The number of anilines is 1. The lowest BCUT2D eigenvalue weighted by Crippen LogP contribution is -2.15. The molecule has 0 bridgehead atoms. The van der Waals surface area contributed by atoms with E-state index in [1.165, 1.54) is 21.3 Å². The Kier molecular flexibility index (Phi) is 7.21. The molecule has 2 aromatic carbocycles. The fourth-order valence-corrected chi connectivity index (χ4v) is 4.45. The standard InChI is InChI=1S/C17H20Cl2NO5P/c1-22-13-7-5-12(6-8-13)20-17(26(21,24-3)25-4)14-9-11(18)10-15(19)16(14)23-2/h5-10,17,20H,1-4H3. The zero-order chi connectivity index (χ0) is 19.3. The van der Waals surface area contributed by atoms with Gasteiger partial charge in [0, 0.05) is 30.5 Å². The van der Waals surface area contributed by atoms with Gasteiger partial charge in [0.25, 0.3) is 0 Å². The summed E-state index contributed by atoms with van der Waals surface area (Å²) in [6.45, 7) is 0. The molecule has 1 unspecified atom stereocenters. The minimum Gasteiger partial charge on any atom is -0.497 e. The van der Waals surface area contributed by atoms with E-state index >= 15 is 0 Å². The molecule has 0 aliphatic heterocycles. The molecule has 0 aromatic heterocycles. The largest absolute Gasteiger partial charge is 0.497 e. The van der Waals surface area contributed by atoms with Crippen LogP contribution in [0.1, 0.15) is 11.3 Å². The van der Waals surface area contributed by atoms with Crippen LogP contribution < -0.4 is 14.8 Å². The van der Waals surface area contributed by atoms with Gasteiger partial charge in [0.2, 0.25) is 0 Å². The van der Waals surface area contributed by atoms with Gasteiger partial charge in [-0.1, -0.05) is 23.2 Å². The highest BCUT2D eigenvalue weighted by Gasteiger charge is 2.38. The van der Waals surface area contributed by atoms with E-state index in [1.54, 1.807) is 43.5 Å². The lowest BCUT2D eigenvalue weighted by atomic mass is 10.2. The summed E-state index contributed by atoms with van der Waals surface area (Å²) in [5.41, 5.74) is 1.12. The smallest absolute Gasteiger partial charge is 0.356 e. The highest BCUT2D eigenvalue weighted by Crippen LogP contribution is 2.61. The van der Waals surface area contributed by atoms with Crippen molar-refractivity contribution in [3.05, 3.63) is 52.0 Å². The molecular formula is C17H20Cl2NO5P. The summed E-state index contributed by atoms with van der Waals surface area (Å²) in [4.78, 5) is 0. The van der Waals surface area contributed by atoms with E-state index in [1.807, 2.05) is 0 Å². The Balaban J connectivity index is 2.56. The summed E-state index contributed by atoms with van der Waals surface area (Å²) in [5.74, 6) is 0.116. The molecule has 0 saturated heterocycles. The first-order chi connectivity index (χ1) is 12.4. The fourth-order valence-electron chi connectivity index (χ4n) is 2.46. The monoisotopic (exact) mass is 419 g/mol. The predicted octanol–water partition coefficient (Wildman–Crippen LogP) is 5.61. The van der Waals surface area contributed by atoms with Gasteiger partial charge in [-0.3, -0.25) is 4.57 Å². The SMILES string of the molecule is COc1ccc(NC(c2cc(Cl)cc(Cl)c2OC)P(=O)(OC)OC)cc1. The summed E-state index contributed by atoms with van der Waals surface area (Å²) >= 11 is 12.4. The van der Waals surface area contributed by atoms with E-state index in [0.29, 0.717) is 27.8 Å². The summed E-state index contributed by atoms with van der Waals surface area (Å²) in [5, 5.41) is 3.81. The Labute approximate surface area is 162 Å². The highest BCUT2D eigenvalue weighted by molar-refractivity contribution is 7.54. The van der Waals surface area contributed by atoms with E-state index in [2.05, 4.69) is 5.32 Å². The zero-order valence-corrected chi connectivity index (χ0v) is 17.2. The van der Waals surface area contributed by atoms with Gasteiger partial charge in [-0.05, 0) is 36.4 Å². The van der Waals surface area contributed by atoms with Crippen LogP contribution in [0.4, 0.5) is 5.69 Å². The van der Waals surface area contributed by atoms with Crippen LogP contribution in [0.5, 0.6) is 11.5 Å². The molecule has 9 heteroatoms. The van der Waals surface area contributed by atoms with Crippen LogP contribution in [0.25, 0.3) is 0 Å². The molecule has 0 saturated carbocycles. The van der Waals surface area contributed by atoms with Crippen molar-refractivity contribution in [1.82, 2.24) is 0 Å². The molecule has 0 aliphatic rings. The van der Waals surface area contributed by atoms with E-state index in [0.717, 1.165) is 0 Å². The van der Waals surface area contributed by atoms with Gasteiger partial charge < -0.3 is 23.8 Å². The second-order valence-electron chi connectivity index (χ2n) is 5.19. The first kappa shape index (κ1) is 20.9. The van der Waals surface area contributed by atoms with E-state index in [9.17, 15) is 4.57 Å². The molecule has 26 heavy (non-hydrogen) atoms. The minimum atomic E-state index is -3.62. The number of benzene rings is 2. The lowest BCUT2D eigenvalue weighted by Gasteiger charge is -2.28. The summed E-state index contributed by atoms with van der Waals surface area (Å²) in [7, 11) is 2.05. The van der Waals surface area contributed by atoms with Crippen molar-refractivity contribution in [3.63, 3.8) is 0 Å². The zero-order valence-electron chi connectivity index (χ0n) is 14.8. The molecule has 0 heterocycles. The molecule has 2 rings (SSSR count). The van der Waals surface area contributed by atoms with Crippen LogP contribution in [0, 0.1) is 0 Å². The molecular weight excluding hydrogens is 400 g/mol. The minimum absolute atomic E-state index is 0.287. The second kappa shape index (κ2) is 8.98. The number of rotatable bonds is 8. The average Bonchev–Trinajstić information content (AvgIpc) is 2.65. The van der Waals surface area contributed by atoms with Crippen molar-refractivity contribution in [2.75, 3.05) is 33.8 Å². The Morgan fingerprint density at radius 1 is 0.962 bits per heavy atom. The molecule has 6 nitrogen and oxygen atoms in total. The van der Waals surface area contributed by atoms with Crippen molar-refractivity contribution in [1.29, 1.82) is 0 Å². The molecule has 0 spiro atoms. The highest BCUT2D eigenvalue weighted by atomic mass is 35.5. The van der Waals surface area contributed by atoms with Crippen molar-refractivity contribution in [3.8, 4) is 11.5 Å². The van der Waals surface area contributed by atoms with Crippen LogP contribution in [-0.4, -0.2) is 28.4 Å². The number of ether oxygens (including phenoxy) is 2. The van der Waals surface area contributed by atoms with Gasteiger partial charge in [-0.15, -0.1) is 0 Å². The van der Waals surface area contributed by atoms with Crippen LogP contribution in [0.2, 0.25) is 10.0 Å². The first-order valence-electron chi connectivity index (χ1n) is 7.53. The third kappa shape index (κ3) is 4.45.